The van der Waals surface area contributed by atoms with Crippen LogP contribution in [0.2, 0.25) is 0 Å². The molecule has 0 rings (SSSR count). The molecule has 0 aliphatic carbocycles. The van der Waals surface area contributed by atoms with Crippen LogP contribution >= 0.6 is 0 Å². The molecule has 0 saturated heterocycles. The van der Waals surface area contributed by atoms with Gasteiger partial charge in [0.25, 0.3) is 0 Å². The van der Waals surface area contributed by atoms with E-state index in [1.54, 1.807) is 0 Å². The van der Waals surface area contributed by atoms with E-state index in [9.17, 15) is 15.0 Å². The van der Waals surface area contributed by atoms with Crippen molar-refractivity contribution in [2.24, 2.45) is 0 Å². The van der Waals surface area contributed by atoms with Crippen molar-refractivity contribution in [1.82, 2.24) is 5.32 Å². The summed E-state index contributed by atoms with van der Waals surface area (Å²) in [4.78, 5) is 12.3. The largest absolute Gasteiger partial charge is 0.394 e. The monoisotopic (exact) mass is 596 g/mol. The highest BCUT2D eigenvalue weighted by Gasteiger charge is 2.19. The summed E-state index contributed by atoms with van der Waals surface area (Å²) in [5, 5.41) is 23.1. The van der Waals surface area contributed by atoms with Crippen LogP contribution in [0, 0.1) is 0 Å². The first-order chi connectivity index (χ1) is 20.7. The molecule has 0 aliphatic rings. The molecule has 0 fully saturated rings. The number of carbonyl (C=O) groups is 1. The van der Waals surface area contributed by atoms with Crippen LogP contribution in [0.15, 0.2) is 0 Å². The molecular weight excluding hydrogens is 518 g/mol. The minimum Gasteiger partial charge on any atom is -0.394 e. The van der Waals surface area contributed by atoms with E-state index in [1.165, 1.54) is 167 Å². The lowest BCUT2D eigenvalue weighted by molar-refractivity contribution is -0.123. The molecule has 0 unspecified atom stereocenters. The Balaban J connectivity index is 3.51. The van der Waals surface area contributed by atoms with Crippen molar-refractivity contribution in [2.75, 3.05) is 6.61 Å². The average molecular weight is 596 g/mol. The second kappa shape index (κ2) is 34.9. The van der Waals surface area contributed by atoms with Crippen LogP contribution in [0.4, 0.5) is 0 Å². The molecule has 0 aromatic rings. The molecule has 0 spiro atoms. The molecule has 42 heavy (non-hydrogen) atoms. The minimum absolute atomic E-state index is 0.0283. The van der Waals surface area contributed by atoms with Crippen molar-refractivity contribution in [2.45, 2.75) is 231 Å². The van der Waals surface area contributed by atoms with Gasteiger partial charge in [0.1, 0.15) is 0 Å². The quantitative estimate of drug-likeness (QED) is 0.0638. The van der Waals surface area contributed by atoms with Gasteiger partial charge in [-0.05, 0) is 12.8 Å². The van der Waals surface area contributed by atoms with Gasteiger partial charge in [0, 0.05) is 6.42 Å². The van der Waals surface area contributed by atoms with E-state index in [2.05, 4.69) is 19.2 Å². The summed E-state index contributed by atoms with van der Waals surface area (Å²) in [5.74, 6) is -0.0283. The Kier molecular flexibility index (Phi) is 34.4. The zero-order valence-corrected chi connectivity index (χ0v) is 28.8. The van der Waals surface area contributed by atoms with Crippen LogP contribution in [-0.2, 0) is 4.79 Å². The number of amides is 1. The molecule has 252 valence electrons. The van der Waals surface area contributed by atoms with Crippen molar-refractivity contribution in [3.8, 4) is 0 Å². The molecule has 0 aromatic heterocycles. The summed E-state index contributed by atoms with van der Waals surface area (Å²) in [6.07, 6.45) is 40.1. The summed E-state index contributed by atoms with van der Waals surface area (Å²) >= 11 is 0. The Morgan fingerprint density at radius 1 is 0.476 bits per heavy atom. The van der Waals surface area contributed by atoms with E-state index in [1.807, 2.05) is 0 Å². The summed E-state index contributed by atoms with van der Waals surface area (Å²) in [6, 6.07) is -0.527. The van der Waals surface area contributed by atoms with Crippen LogP contribution in [-0.4, -0.2) is 34.9 Å². The molecule has 0 bridgehead atoms. The van der Waals surface area contributed by atoms with Gasteiger partial charge in [-0.3, -0.25) is 4.79 Å². The average Bonchev–Trinajstić information content (AvgIpc) is 2.99. The first-order valence-corrected chi connectivity index (χ1v) is 19.2. The van der Waals surface area contributed by atoms with Gasteiger partial charge in [-0.2, -0.15) is 0 Å². The third kappa shape index (κ3) is 30.8. The van der Waals surface area contributed by atoms with E-state index in [0.717, 1.165) is 25.7 Å². The van der Waals surface area contributed by atoms with Gasteiger partial charge in [-0.15, -0.1) is 0 Å². The highest BCUT2D eigenvalue weighted by molar-refractivity contribution is 5.76. The number of hydrogen-bond donors (Lipinski definition) is 3. The molecule has 2 atom stereocenters. The van der Waals surface area contributed by atoms with Gasteiger partial charge in [0.2, 0.25) is 5.91 Å². The topological polar surface area (TPSA) is 69.6 Å². The first-order valence-electron chi connectivity index (χ1n) is 19.2. The molecular formula is C38H77NO3. The van der Waals surface area contributed by atoms with Crippen LogP contribution in [0.3, 0.4) is 0 Å². The Labute approximate surface area is 264 Å². The fourth-order valence-electron chi connectivity index (χ4n) is 6.13. The van der Waals surface area contributed by atoms with Crippen LogP contribution in [0.25, 0.3) is 0 Å². The van der Waals surface area contributed by atoms with Crippen LogP contribution in [0.1, 0.15) is 219 Å². The van der Waals surface area contributed by atoms with E-state index in [-0.39, 0.29) is 12.5 Å². The van der Waals surface area contributed by atoms with Gasteiger partial charge in [0.15, 0.2) is 0 Å². The fraction of sp³-hybridized carbons (Fsp3) is 0.974. The molecule has 0 aliphatic heterocycles. The maximum absolute atomic E-state index is 12.3. The molecule has 0 saturated carbocycles. The molecule has 0 heterocycles. The second-order valence-corrected chi connectivity index (χ2v) is 13.4. The predicted molar refractivity (Wildman–Crippen MR) is 184 cm³/mol. The number of aliphatic hydroxyl groups is 2. The maximum atomic E-state index is 12.3. The maximum Gasteiger partial charge on any atom is 0.220 e. The number of unbranched alkanes of at least 4 members (excludes halogenated alkanes) is 28. The lowest BCUT2D eigenvalue weighted by atomic mass is 10.0. The van der Waals surface area contributed by atoms with Crippen molar-refractivity contribution in [1.29, 1.82) is 0 Å². The van der Waals surface area contributed by atoms with Gasteiger partial charge >= 0.3 is 0 Å². The smallest absolute Gasteiger partial charge is 0.220 e. The zero-order chi connectivity index (χ0) is 30.8. The molecule has 1 amide bonds. The first kappa shape index (κ1) is 41.4. The number of nitrogens with one attached hydrogen (secondary N) is 1. The number of hydrogen-bond acceptors (Lipinski definition) is 3. The van der Waals surface area contributed by atoms with Gasteiger partial charge in [-0.1, -0.05) is 200 Å². The van der Waals surface area contributed by atoms with Crippen molar-refractivity contribution < 1.29 is 15.0 Å². The highest BCUT2D eigenvalue weighted by atomic mass is 16.3. The Hall–Kier alpha value is -0.610. The van der Waals surface area contributed by atoms with Gasteiger partial charge in [-0.25, -0.2) is 0 Å². The summed E-state index contributed by atoms with van der Waals surface area (Å²) in [7, 11) is 0. The summed E-state index contributed by atoms with van der Waals surface area (Å²) < 4.78 is 0. The van der Waals surface area contributed by atoms with Gasteiger partial charge in [0.05, 0.1) is 18.8 Å². The summed E-state index contributed by atoms with van der Waals surface area (Å²) in [6.45, 7) is 4.37. The minimum atomic E-state index is -0.651. The lowest BCUT2D eigenvalue weighted by Gasteiger charge is -2.22. The van der Waals surface area contributed by atoms with Crippen molar-refractivity contribution in [3.05, 3.63) is 0 Å². The number of carbonyl (C=O) groups excluding carboxylic acids is 1. The molecule has 0 radical (unpaired) electrons. The molecule has 0 aromatic carbocycles. The van der Waals surface area contributed by atoms with E-state index in [0.29, 0.717) is 12.8 Å². The predicted octanol–water partition coefficient (Wildman–Crippen LogP) is 11.3. The van der Waals surface area contributed by atoms with Crippen molar-refractivity contribution >= 4 is 5.91 Å². The Morgan fingerprint density at radius 2 is 0.762 bits per heavy atom. The van der Waals surface area contributed by atoms with E-state index < -0.39 is 12.1 Å². The third-order valence-corrected chi connectivity index (χ3v) is 9.12. The molecule has 3 N–H and O–H groups in total. The second-order valence-electron chi connectivity index (χ2n) is 13.4. The normalized spacial score (nSPS) is 13.0. The van der Waals surface area contributed by atoms with Crippen LogP contribution in [0.5, 0.6) is 0 Å². The SMILES string of the molecule is CCCCCCCCCCCCCCCCCCC(=O)N[C@@H](CO)[C@H](O)CCCCCCCCCCCCCCCC. The standard InChI is InChI=1S/C38H77NO3/c1-3-5-7-9-11-13-15-17-19-20-22-24-26-28-30-32-34-38(42)39-36(35-40)37(41)33-31-29-27-25-23-21-18-16-14-12-10-8-6-4-2/h36-37,40-41H,3-35H2,1-2H3,(H,39,42)/t36-,37+/m0/s1. The fourth-order valence-corrected chi connectivity index (χ4v) is 6.13. The third-order valence-electron chi connectivity index (χ3n) is 9.12. The Bertz CT molecular complexity index is 526. The number of rotatable bonds is 35. The van der Waals surface area contributed by atoms with Crippen molar-refractivity contribution in [3.63, 3.8) is 0 Å². The summed E-state index contributed by atoms with van der Waals surface area (Å²) in [5.41, 5.74) is 0. The van der Waals surface area contributed by atoms with Crippen LogP contribution < -0.4 is 5.32 Å². The van der Waals surface area contributed by atoms with E-state index in [4.69, 9.17) is 0 Å². The lowest BCUT2D eigenvalue weighted by Crippen LogP contribution is -2.45. The van der Waals surface area contributed by atoms with E-state index >= 15 is 0 Å². The Morgan fingerprint density at radius 3 is 1.07 bits per heavy atom. The molecule has 4 nitrogen and oxygen atoms in total. The van der Waals surface area contributed by atoms with Gasteiger partial charge < -0.3 is 15.5 Å². The number of aliphatic hydroxyl groups excluding tert-OH is 2. The zero-order valence-electron chi connectivity index (χ0n) is 28.8. The molecule has 4 heteroatoms. The highest BCUT2D eigenvalue weighted by Crippen LogP contribution is 2.16.